The molecule has 1 aromatic carbocycles. The highest BCUT2D eigenvalue weighted by molar-refractivity contribution is 5.50. The molecule has 1 aliphatic heterocycles. The largest absolute Gasteiger partial charge is 0.486 e. The van der Waals surface area contributed by atoms with E-state index in [0.29, 0.717) is 13.2 Å². The summed E-state index contributed by atoms with van der Waals surface area (Å²) in [6.45, 7) is 4.02. The van der Waals surface area contributed by atoms with E-state index in [1.807, 2.05) is 29.0 Å². The number of aryl methyl sites for hydroxylation is 1. The summed E-state index contributed by atoms with van der Waals surface area (Å²) in [7, 11) is 0. The lowest BCUT2D eigenvalue weighted by molar-refractivity contribution is 0.169. The van der Waals surface area contributed by atoms with Crippen LogP contribution in [0.15, 0.2) is 30.6 Å². The Kier molecular flexibility index (Phi) is 3.58. The van der Waals surface area contributed by atoms with Crippen molar-refractivity contribution in [1.82, 2.24) is 15.0 Å². The number of aromatic nitrogens is 2. The van der Waals surface area contributed by atoms with Crippen LogP contribution in [-0.4, -0.2) is 22.8 Å². The zero-order valence-electron chi connectivity index (χ0n) is 11.4. The molecular weight excluding hydrogens is 256 g/mol. The van der Waals surface area contributed by atoms with Gasteiger partial charge in [-0.3, -0.25) is 5.84 Å². The number of hydrogen-bond acceptors (Lipinski definition) is 5. The molecule has 3 N–H and O–H groups in total. The first-order chi connectivity index (χ1) is 9.85. The van der Waals surface area contributed by atoms with Crippen LogP contribution in [0.3, 0.4) is 0 Å². The molecule has 0 saturated carbocycles. The number of hydrazine groups is 1. The van der Waals surface area contributed by atoms with Crippen LogP contribution in [0, 0.1) is 0 Å². The number of rotatable bonds is 4. The average Bonchev–Trinajstić information content (AvgIpc) is 2.97. The van der Waals surface area contributed by atoms with Gasteiger partial charge in [0.1, 0.15) is 25.1 Å². The fraction of sp³-hybridized carbons (Fsp3) is 0.357. The first-order valence-electron chi connectivity index (χ1n) is 6.70. The molecule has 2 aromatic rings. The minimum Gasteiger partial charge on any atom is -0.486 e. The molecule has 6 nitrogen and oxygen atoms in total. The number of benzene rings is 1. The Labute approximate surface area is 117 Å². The number of hydrogen-bond donors (Lipinski definition) is 2. The second kappa shape index (κ2) is 5.52. The molecule has 106 valence electrons. The van der Waals surface area contributed by atoms with Crippen LogP contribution in [0.2, 0.25) is 0 Å². The van der Waals surface area contributed by atoms with Crippen molar-refractivity contribution >= 4 is 0 Å². The Morgan fingerprint density at radius 2 is 2.25 bits per heavy atom. The lowest BCUT2D eigenvalue weighted by Gasteiger charge is -2.25. The van der Waals surface area contributed by atoms with Crippen molar-refractivity contribution in [2.45, 2.75) is 19.5 Å². The van der Waals surface area contributed by atoms with Crippen LogP contribution < -0.4 is 20.7 Å². The van der Waals surface area contributed by atoms with Gasteiger partial charge in [-0.25, -0.2) is 10.4 Å². The van der Waals surface area contributed by atoms with Gasteiger partial charge in [-0.1, -0.05) is 12.1 Å². The first kappa shape index (κ1) is 13.0. The molecule has 1 unspecified atom stereocenters. The maximum atomic E-state index is 5.75. The zero-order valence-corrected chi connectivity index (χ0v) is 11.4. The van der Waals surface area contributed by atoms with Crippen molar-refractivity contribution in [2.75, 3.05) is 13.2 Å². The summed E-state index contributed by atoms with van der Waals surface area (Å²) in [4.78, 5) is 4.41. The molecule has 3 rings (SSSR count). The van der Waals surface area contributed by atoms with Crippen molar-refractivity contribution in [3.8, 4) is 11.5 Å². The van der Waals surface area contributed by atoms with Crippen LogP contribution in [0.5, 0.6) is 11.5 Å². The van der Waals surface area contributed by atoms with E-state index in [0.717, 1.165) is 29.4 Å². The van der Waals surface area contributed by atoms with E-state index >= 15 is 0 Å². The van der Waals surface area contributed by atoms with Crippen molar-refractivity contribution in [2.24, 2.45) is 5.84 Å². The van der Waals surface area contributed by atoms with E-state index in [-0.39, 0.29) is 6.04 Å². The Morgan fingerprint density at radius 3 is 3.05 bits per heavy atom. The summed E-state index contributed by atoms with van der Waals surface area (Å²) in [6, 6.07) is 5.58. The van der Waals surface area contributed by atoms with E-state index in [9.17, 15) is 0 Å². The molecule has 1 atom stereocenters. The van der Waals surface area contributed by atoms with Gasteiger partial charge in [0, 0.05) is 24.5 Å². The second-order valence-corrected chi connectivity index (χ2v) is 4.54. The Bertz CT molecular complexity index is 597. The summed E-state index contributed by atoms with van der Waals surface area (Å²) >= 11 is 0. The highest BCUT2D eigenvalue weighted by atomic mass is 16.6. The highest BCUT2D eigenvalue weighted by Crippen LogP contribution is 2.38. The van der Waals surface area contributed by atoms with Crippen LogP contribution in [0.4, 0.5) is 0 Å². The third kappa shape index (κ3) is 2.13. The fourth-order valence-corrected chi connectivity index (χ4v) is 2.48. The Hall–Kier alpha value is -2.05. The normalized spacial score (nSPS) is 15.1. The van der Waals surface area contributed by atoms with E-state index in [1.54, 1.807) is 6.20 Å². The minimum atomic E-state index is -0.235. The standard InChI is InChI=1S/C14H18N4O2/c1-2-18-7-6-16-14(18)12(17-15)10-4-3-5-11-13(10)20-9-8-19-11/h3-7,12,17H,2,8-9,15H2,1H3. The molecule has 0 spiro atoms. The number of ether oxygens (including phenoxy) is 2. The molecular formula is C14H18N4O2. The lowest BCUT2D eigenvalue weighted by Crippen LogP contribution is -2.32. The van der Waals surface area contributed by atoms with Crippen molar-refractivity contribution in [3.05, 3.63) is 42.0 Å². The first-order valence-corrected chi connectivity index (χ1v) is 6.70. The Morgan fingerprint density at radius 1 is 1.40 bits per heavy atom. The molecule has 20 heavy (non-hydrogen) atoms. The molecule has 2 heterocycles. The van der Waals surface area contributed by atoms with E-state index in [1.165, 1.54) is 0 Å². The van der Waals surface area contributed by atoms with Gasteiger partial charge in [-0.05, 0) is 13.0 Å². The second-order valence-electron chi connectivity index (χ2n) is 4.54. The number of fused-ring (bicyclic) bond motifs is 1. The van der Waals surface area contributed by atoms with E-state index in [2.05, 4.69) is 17.3 Å². The summed E-state index contributed by atoms with van der Waals surface area (Å²) in [5, 5.41) is 0. The maximum absolute atomic E-state index is 5.75. The summed E-state index contributed by atoms with van der Waals surface area (Å²) in [5.41, 5.74) is 3.76. The number of nitrogens with one attached hydrogen (secondary N) is 1. The van der Waals surface area contributed by atoms with Gasteiger partial charge in [-0.15, -0.1) is 0 Å². The smallest absolute Gasteiger partial charge is 0.166 e. The SMILES string of the molecule is CCn1ccnc1C(NN)c1cccc2c1OCCO2. The van der Waals surface area contributed by atoms with Gasteiger partial charge in [-0.2, -0.15) is 0 Å². The summed E-state index contributed by atoms with van der Waals surface area (Å²) in [5.74, 6) is 8.11. The molecule has 0 aliphatic carbocycles. The number of nitrogens with zero attached hydrogens (tertiary/aromatic N) is 2. The number of para-hydroxylation sites is 1. The molecule has 1 aromatic heterocycles. The zero-order chi connectivity index (χ0) is 13.9. The monoisotopic (exact) mass is 274 g/mol. The summed E-state index contributed by atoms with van der Waals surface area (Å²) < 4.78 is 13.4. The number of imidazole rings is 1. The predicted octanol–water partition coefficient (Wildman–Crippen LogP) is 1.23. The average molecular weight is 274 g/mol. The van der Waals surface area contributed by atoms with Crippen LogP contribution in [0.1, 0.15) is 24.4 Å². The van der Waals surface area contributed by atoms with Gasteiger partial charge >= 0.3 is 0 Å². The highest BCUT2D eigenvalue weighted by Gasteiger charge is 2.25. The third-order valence-electron chi connectivity index (χ3n) is 3.42. The number of nitrogens with two attached hydrogens (primary N) is 1. The molecule has 0 amide bonds. The quantitative estimate of drug-likeness (QED) is 0.648. The van der Waals surface area contributed by atoms with Gasteiger partial charge < -0.3 is 14.0 Å². The van der Waals surface area contributed by atoms with Crippen LogP contribution >= 0.6 is 0 Å². The lowest BCUT2D eigenvalue weighted by atomic mass is 10.0. The van der Waals surface area contributed by atoms with Crippen molar-refractivity contribution < 1.29 is 9.47 Å². The van der Waals surface area contributed by atoms with Crippen molar-refractivity contribution in [1.29, 1.82) is 0 Å². The van der Waals surface area contributed by atoms with Gasteiger partial charge in [0.25, 0.3) is 0 Å². The van der Waals surface area contributed by atoms with Crippen molar-refractivity contribution in [3.63, 3.8) is 0 Å². The molecule has 1 aliphatic rings. The molecule has 0 fully saturated rings. The molecule has 0 radical (unpaired) electrons. The van der Waals surface area contributed by atoms with Gasteiger partial charge in [0.15, 0.2) is 11.5 Å². The third-order valence-corrected chi connectivity index (χ3v) is 3.42. The Balaban J connectivity index is 2.06. The predicted molar refractivity (Wildman–Crippen MR) is 74.5 cm³/mol. The minimum absolute atomic E-state index is 0.235. The molecule has 6 heteroatoms. The topological polar surface area (TPSA) is 74.3 Å². The van der Waals surface area contributed by atoms with Crippen LogP contribution in [0.25, 0.3) is 0 Å². The molecule has 0 bridgehead atoms. The van der Waals surface area contributed by atoms with Gasteiger partial charge in [0.2, 0.25) is 0 Å². The fourth-order valence-electron chi connectivity index (χ4n) is 2.48. The van der Waals surface area contributed by atoms with Gasteiger partial charge in [0.05, 0.1) is 0 Å². The van der Waals surface area contributed by atoms with E-state index < -0.39 is 0 Å². The summed E-state index contributed by atoms with van der Waals surface area (Å²) in [6.07, 6.45) is 3.71. The van der Waals surface area contributed by atoms with Crippen LogP contribution in [-0.2, 0) is 6.54 Å². The maximum Gasteiger partial charge on any atom is 0.166 e. The van der Waals surface area contributed by atoms with E-state index in [4.69, 9.17) is 15.3 Å². The molecule has 0 saturated heterocycles.